The van der Waals surface area contributed by atoms with Crippen LogP contribution >= 0.6 is 11.6 Å². The molecule has 0 spiro atoms. The van der Waals surface area contributed by atoms with Crippen LogP contribution in [0.15, 0.2) is 27.8 Å². The SMILES string of the molecule is N#Cc1c2n(c(=O)n(CC(=O)Nc3ccc(Cl)cc3F)c1=O)CCC2. The number of amides is 1. The molecule has 0 unspecified atom stereocenters. The lowest BCUT2D eigenvalue weighted by atomic mass is 10.2. The van der Waals surface area contributed by atoms with Crippen LogP contribution in [-0.2, 0) is 24.3 Å². The van der Waals surface area contributed by atoms with Crippen LogP contribution in [0.5, 0.6) is 0 Å². The van der Waals surface area contributed by atoms with E-state index < -0.39 is 29.5 Å². The molecule has 9 heteroatoms. The minimum atomic E-state index is -0.813. The van der Waals surface area contributed by atoms with Crippen LogP contribution in [0, 0.1) is 17.1 Å². The third-order valence-corrected chi connectivity index (χ3v) is 4.18. The fourth-order valence-corrected chi connectivity index (χ4v) is 2.97. The van der Waals surface area contributed by atoms with Crippen LogP contribution in [0.1, 0.15) is 17.7 Å². The summed E-state index contributed by atoms with van der Waals surface area (Å²) in [7, 11) is 0. The van der Waals surface area contributed by atoms with Gasteiger partial charge in [0.2, 0.25) is 5.91 Å². The minimum absolute atomic E-state index is 0.121. The number of hydrogen-bond acceptors (Lipinski definition) is 4. The molecule has 1 aromatic carbocycles. The van der Waals surface area contributed by atoms with Crippen molar-refractivity contribution in [3.05, 3.63) is 61.1 Å². The van der Waals surface area contributed by atoms with Crippen molar-refractivity contribution in [1.29, 1.82) is 5.26 Å². The molecule has 1 N–H and O–H groups in total. The summed E-state index contributed by atoms with van der Waals surface area (Å²) in [5, 5.41) is 11.6. The number of carbonyl (C=O) groups is 1. The molecule has 1 aliphatic heterocycles. The molecule has 1 aromatic heterocycles. The molecule has 7 nitrogen and oxygen atoms in total. The highest BCUT2D eigenvalue weighted by Gasteiger charge is 2.23. The Labute approximate surface area is 145 Å². The highest BCUT2D eigenvalue weighted by molar-refractivity contribution is 6.30. The number of carbonyl (C=O) groups excluding carboxylic acids is 1. The third-order valence-electron chi connectivity index (χ3n) is 3.95. The van der Waals surface area contributed by atoms with Crippen LogP contribution in [0.4, 0.5) is 10.1 Å². The number of nitrogens with zero attached hydrogens (tertiary/aromatic N) is 3. The average Bonchev–Trinajstić information content (AvgIpc) is 3.04. The quantitative estimate of drug-likeness (QED) is 0.888. The molecule has 2 heterocycles. The lowest BCUT2D eigenvalue weighted by Crippen LogP contribution is -2.44. The van der Waals surface area contributed by atoms with Crippen LogP contribution in [0.2, 0.25) is 5.02 Å². The van der Waals surface area contributed by atoms with Gasteiger partial charge in [0.15, 0.2) is 0 Å². The van der Waals surface area contributed by atoms with E-state index in [1.54, 1.807) is 6.07 Å². The fourth-order valence-electron chi connectivity index (χ4n) is 2.81. The number of nitrogens with one attached hydrogen (secondary N) is 1. The van der Waals surface area contributed by atoms with Gasteiger partial charge in [0.25, 0.3) is 5.56 Å². The Bertz CT molecular complexity index is 1040. The summed E-state index contributed by atoms with van der Waals surface area (Å²) in [6.45, 7) is -0.231. The molecule has 0 radical (unpaired) electrons. The second-order valence-corrected chi connectivity index (χ2v) is 5.97. The second-order valence-electron chi connectivity index (χ2n) is 5.53. The van der Waals surface area contributed by atoms with Gasteiger partial charge < -0.3 is 5.32 Å². The lowest BCUT2D eigenvalue weighted by molar-refractivity contribution is -0.116. The number of benzene rings is 1. The van der Waals surface area contributed by atoms with Crippen molar-refractivity contribution in [2.24, 2.45) is 0 Å². The molecule has 0 fully saturated rings. The van der Waals surface area contributed by atoms with Gasteiger partial charge in [-0.2, -0.15) is 5.26 Å². The van der Waals surface area contributed by atoms with Gasteiger partial charge in [-0.05, 0) is 31.0 Å². The summed E-state index contributed by atoms with van der Waals surface area (Å²) in [6, 6.07) is 5.50. The van der Waals surface area contributed by atoms with E-state index in [0.717, 1.165) is 6.07 Å². The van der Waals surface area contributed by atoms with E-state index in [2.05, 4.69) is 5.32 Å². The normalized spacial score (nSPS) is 12.5. The van der Waals surface area contributed by atoms with Crippen LogP contribution < -0.4 is 16.6 Å². The van der Waals surface area contributed by atoms with Gasteiger partial charge in [-0.3, -0.25) is 14.2 Å². The van der Waals surface area contributed by atoms with Gasteiger partial charge in [0.1, 0.15) is 24.0 Å². The summed E-state index contributed by atoms with van der Waals surface area (Å²) < 4.78 is 15.8. The summed E-state index contributed by atoms with van der Waals surface area (Å²) in [5.41, 5.74) is -1.32. The average molecular weight is 363 g/mol. The van der Waals surface area contributed by atoms with Crippen molar-refractivity contribution in [2.45, 2.75) is 25.9 Å². The molecule has 2 aromatic rings. The van der Waals surface area contributed by atoms with Crippen molar-refractivity contribution in [3.8, 4) is 6.07 Å². The first-order chi connectivity index (χ1) is 11.9. The number of anilines is 1. The molecule has 1 amide bonds. The maximum atomic E-state index is 13.7. The van der Waals surface area contributed by atoms with Crippen LogP contribution in [-0.4, -0.2) is 15.0 Å². The van der Waals surface area contributed by atoms with Gasteiger partial charge in [0, 0.05) is 17.3 Å². The van der Waals surface area contributed by atoms with Gasteiger partial charge in [-0.1, -0.05) is 11.6 Å². The molecule has 0 saturated carbocycles. The largest absolute Gasteiger partial charge is 0.331 e. The van der Waals surface area contributed by atoms with E-state index in [9.17, 15) is 24.0 Å². The van der Waals surface area contributed by atoms with Gasteiger partial charge in [-0.25, -0.2) is 13.8 Å². The Hall–Kier alpha value is -2.92. The Morgan fingerprint density at radius 3 is 2.84 bits per heavy atom. The molecule has 3 rings (SSSR count). The van der Waals surface area contributed by atoms with Gasteiger partial charge in [-0.15, -0.1) is 0 Å². The van der Waals surface area contributed by atoms with E-state index in [-0.39, 0.29) is 16.3 Å². The van der Waals surface area contributed by atoms with Crippen molar-refractivity contribution < 1.29 is 9.18 Å². The Kier molecular flexibility index (Phi) is 4.42. The first-order valence-corrected chi connectivity index (χ1v) is 7.81. The van der Waals surface area contributed by atoms with E-state index >= 15 is 0 Å². The van der Waals surface area contributed by atoms with Crippen molar-refractivity contribution >= 4 is 23.2 Å². The van der Waals surface area contributed by atoms with Crippen molar-refractivity contribution in [2.75, 3.05) is 5.32 Å². The molecular formula is C16H12ClFN4O3. The summed E-state index contributed by atoms with van der Waals surface area (Å²) in [4.78, 5) is 36.9. The topological polar surface area (TPSA) is 96.9 Å². The number of halogens is 2. The molecule has 1 aliphatic rings. The standard InChI is InChI=1S/C16H12ClFN4O3/c17-9-3-4-12(11(18)6-9)20-14(23)8-22-15(24)10(7-19)13-2-1-5-21(13)16(22)25/h3-4,6H,1-2,5,8H2,(H,20,23). The maximum absolute atomic E-state index is 13.7. The van der Waals surface area contributed by atoms with Crippen molar-refractivity contribution in [3.63, 3.8) is 0 Å². The molecular weight excluding hydrogens is 351 g/mol. The summed E-state index contributed by atoms with van der Waals surface area (Å²) in [5.74, 6) is -1.50. The molecule has 0 aliphatic carbocycles. The van der Waals surface area contributed by atoms with E-state index in [1.807, 2.05) is 0 Å². The number of fused-ring (bicyclic) bond motifs is 1. The van der Waals surface area contributed by atoms with Crippen LogP contribution in [0.3, 0.4) is 0 Å². The zero-order valence-corrected chi connectivity index (χ0v) is 13.6. The molecule has 128 valence electrons. The van der Waals surface area contributed by atoms with Gasteiger partial charge >= 0.3 is 5.69 Å². The number of nitriles is 1. The van der Waals surface area contributed by atoms with Gasteiger partial charge in [0.05, 0.1) is 5.69 Å². The molecule has 0 saturated heterocycles. The highest BCUT2D eigenvalue weighted by Crippen LogP contribution is 2.19. The lowest BCUT2D eigenvalue weighted by Gasteiger charge is -2.11. The molecule has 0 atom stereocenters. The smallest absolute Gasteiger partial charge is 0.322 e. The number of aromatic nitrogens is 2. The Morgan fingerprint density at radius 2 is 2.16 bits per heavy atom. The predicted octanol–water partition coefficient (Wildman–Crippen LogP) is 1.26. The van der Waals surface area contributed by atoms with Crippen molar-refractivity contribution in [1.82, 2.24) is 9.13 Å². The summed E-state index contributed by atoms with van der Waals surface area (Å²) in [6.07, 6.45) is 1.12. The highest BCUT2D eigenvalue weighted by atomic mass is 35.5. The maximum Gasteiger partial charge on any atom is 0.331 e. The van der Waals surface area contributed by atoms with E-state index in [1.165, 1.54) is 16.7 Å². The molecule has 0 bridgehead atoms. The zero-order chi connectivity index (χ0) is 18.1. The molecule has 25 heavy (non-hydrogen) atoms. The fraction of sp³-hybridized carbons (Fsp3) is 0.250. The first-order valence-electron chi connectivity index (χ1n) is 7.44. The number of hydrogen-bond donors (Lipinski definition) is 1. The zero-order valence-electron chi connectivity index (χ0n) is 12.9. The van der Waals surface area contributed by atoms with Crippen LogP contribution in [0.25, 0.3) is 0 Å². The van der Waals surface area contributed by atoms with E-state index in [0.29, 0.717) is 29.6 Å². The second kappa shape index (κ2) is 6.53. The monoisotopic (exact) mass is 362 g/mol. The Morgan fingerprint density at radius 1 is 1.40 bits per heavy atom. The number of rotatable bonds is 3. The minimum Gasteiger partial charge on any atom is -0.322 e. The first kappa shape index (κ1) is 16.9. The predicted molar refractivity (Wildman–Crippen MR) is 88.0 cm³/mol. The third kappa shape index (κ3) is 3.06. The van der Waals surface area contributed by atoms with E-state index in [4.69, 9.17) is 11.6 Å². The Balaban J connectivity index is 1.93. The summed E-state index contributed by atoms with van der Waals surface area (Å²) >= 11 is 5.64.